The number of carbonyl (C=O) groups is 1. The number of carbonyl (C=O) groups excluding carboxylic acids is 1. The first kappa shape index (κ1) is 20.8. The zero-order chi connectivity index (χ0) is 19.8. The number of rotatable bonds is 8. The van der Waals surface area contributed by atoms with E-state index >= 15 is 0 Å². The molecular formula is C22H32N4OS. The van der Waals surface area contributed by atoms with Gasteiger partial charge in [-0.1, -0.05) is 36.4 Å². The quantitative estimate of drug-likeness (QED) is 0.688. The number of hydrogen-bond donors (Lipinski definition) is 1. The van der Waals surface area contributed by atoms with E-state index in [1.165, 1.54) is 10.4 Å². The van der Waals surface area contributed by atoms with E-state index in [4.69, 9.17) is 0 Å². The van der Waals surface area contributed by atoms with Gasteiger partial charge in [0.05, 0.1) is 6.04 Å². The van der Waals surface area contributed by atoms with Crippen LogP contribution in [0.4, 0.5) is 4.79 Å². The lowest BCUT2D eigenvalue weighted by Gasteiger charge is -2.34. The van der Waals surface area contributed by atoms with Crippen molar-refractivity contribution in [3.8, 4) is 0 Å². The Hall–Kier alpha value is -1.89. The third kappa shape index (κ3) is 6.06. The van der Waals surface area contributed by atoms with Gasteiger partial charge >= 0.3 is 6.03 Å². The van der Waals surface area contributed by atoms with Crippen molar-refractivity contribution >= 4 is 17.4 Å². The van der Waals surface area contributed by atoms with Crippen LogP contribution in [0.3, 0.4) is 0 Å². The van der Waals surface area contributed by atoms with Crippen LogP contribution in [-0.4, -0.2) is 67.0 Å². The Morgan fingerprint density at radius 3 is 2.50 bits per heavy atom. The van der Waals surface area contributed by atoms with E-state index in [1.54, 1.807) is 16.2 Å². The molecule has 28 heavy (non-hydrogen) atoms. The van der Waals surface area contributed by atoms with Gasteiger partial charge in [0.15, 0.2) is 0 Å². The van der Waals surface area contributed by atoms with Crippen molar-refractivity contribution in [1.82, 2.24) is 20.0 Å². The number of nitrogens with zero attached hydrogens (tertiary/aromatic N) is 3. The number of hydrogen-bond acceptors (Lipinski definition) is 4. The smallest absolute Gasteiger partial charge is 0.317 e. The SMILES string of the molecule is CC(c1cccs1)N(C)C(=O)NCCCN1CCN(Cc2ccccc2)CC1. The first-order valence-electron chi connectivity index (χ1n) is 10.2. The van der Waals surface area contributed by atoms with E-state index in [-0.39, 0.29) is 12.1 Å². The van der Waals surface area contributed by atoms with Crippen molar-refractivity contribution in [2.24, 2.45) is 0 Å². The summed E-state index contributed by atoms with van der Waals surface area (Å²) in [5.41, 5.74) is 1.39. The molecule has 3 rings (SSSR count). The third-order valence-corrected chi connectivity index (χ3v) is 6.54. The van der Waals surface area contributed by atoms with Crippen molar-refractivity contribution < 1.29 is 4.79 Å². The lowest BCUT2D eigenvalue weighted by molar-refractivity contribution is 0.126. The van der Waals surface area contributed by atoms with Crippen molar-refractivity contribution in [3.63, 3.8) is 0 Å². The lowest BCUT2D eigenvalue weighted by Crippen LogP contribution is -2.46. The molecule has 1 aliphatic heterocycles. The largest absolute Gasteiger partial charge is 0.338 e. The van der Waals surface area contributed by atoms with Crippen LogP contribution >= 0.6 is 11.3 Å². The molecule has 2 aromatic rings. The average Bonchev–Trinajstić information content (AvgIpc) is 3.27. The van der Waals surface area contributed by atoms with Crippen LogP contribution in [0.1, 0.15) is 29.8 Å². The van der Waals surface area contributed by atoms with E-state index in [0.29, 0.717) is 0 Å². The molecule has 1 aliphatic rings. The number of thiophene rings is 1. The fourth-order valence-electron chi connectivity index (χ4n) is 3.53. The van der Waals surface area contributed by atoms with Gasteiger partial charge in [0.25, 0.3) is 0 Å². The molecule has 6 heteroatoms. The first-order valence-corrected chi connectivity index (χ1v) is 11.0. The van der Waals surface area contributed by atoms with Gasteiger partial charge in [0.1, 0.15) is 0 Å². The van der Waals surface area contributed by atoms with Gasteiger partial charge < -0.3 is 15.1 Å². The second kappa shape index (κ2) is 10.6. The highest BCUT2D eigenvalue weighted by molar-refractivity contribution is 7.10. The van der Waals surface area contributed by atoms with Gasteiger partial charge in [-0.05, 0) is 36.9 Å². The molecule has 1 unspecified atom stereocenters. The van der Waals surface area contributed by atoms with Crippen LogP contribution in [0.5, 0.6) is 0 Å². The number of benzene rings is 1. The maximum Gasteiger partial charge on any atom is 0.317 e. The van der Waals surface area contributed by atoms with Crippen LogP contribution < -0.4 is 5.32 Å². The van der Waals surface area contributed by atoms with Crippen molar-refractivity contribution in [1.29, 1.82) is 0 Å². The molecular weight excluding hydrogens is 368 g/mol. The van der Waals surface area contributed by atoms with Gasteiger partial charge in [-0.25, -0.2) is 4.79 Å². The molecule has 0 aliphatic carbocycles. The molecule has 0 spiro atoms. The summed E-state index contributed by atoms with van der Waals surface area (Å²) in [5.74, 6) is 0. The summed E-state index contributed by atoms with van der Waals surface area (Å²) in [6, 6.07) is 14.9. The summed E-state index contributed by atoms with van der Waals surface area (Å²) in [6.07, 6.45) is 0.992. The van der Waals surface area contributed by atoms with E-state index < -0.39 is 0 Å². The van der Waals surface area contributed by atoms with Crippen LogP contribution in [0.2, 0.25) is 0 Å². The molecule has 2 heterocycles. The van der Waals surface area contributed by atoms with Gasteiger partial charge in [0.2, 0.25) is 0 Å². The van der Waals surface area contributed by atoms with Gasteiger partial charge in [0, 0.05) is 51.2 Å². The maximum absolute atomic E-state index is 12.3. The van der Waals surface area contributed by atoms with E-state index in [2.05, 4.69) is 63.8 Å². The van der Waals surface area contributed by atoms with Crippen LogP contribution in [0.15, 0.2) is 47.8 Å². The molecule has 0 bridgehead atoms. The molecule has 1 saturated heterocycles. The molecule has 5 nitrogen and oxygen atoms in total. The minimum Gasteiger partial charge on any atom is -0.338 e. The number of amides is 2. The van der Waals surface area contributed by atoms with Gasteiger partial charge in [-0.15, -0.1) is 11.3 Å². The maximum atomic E-state index is 12.3. The molecule has 0 saturated carbocycles. The summed E-state index contributed by atoms with van der Waals surface area (Å²) in [5, 5.41) is 5.11. The highest BCUT2D eigenvalue weighted by Gasteiger charge is 2.19. The van der Waals surface area contributed by atoms with E-state index in [9.17, 15) is 4.79 Å². The molecule has 1 atom stereocenters. The third-order valence-electron chi connectivity index (χ3n) is 5.50. The van der Waals surface area contributed by atoms with Crippen LogP contribution in [0, 0.1) is 0 Å². The Labute approximate surface area is 172 Å². The second-order valence-electron chi connectivity index (χ2n) is 7.49. The van der Waals surface area contributed by atoms with Crippen molar-refractivity contribution in [2.75, 3.05) is 46.3 Å². The fraction of sp³-hybridized carbons (Fsp3) is 0.500. The summed E-state index contributed by atoms with van der Waals surface area (Å²) >= 11 is 1.69. The van der Waals surface area contributed by atoms with E-state index in [0.717, 1.165) is 52.2 Å². The molecule has 0 radical (unpaired) electrons. The number of nitrogens with one attached hydrogen (secondary N) is 1. The zero-order valence-electron chi connectivity index (χ0n) is 17.0. The van der Waals surface area contributed by atoms with E-state index in [1.807, 2.05) is 13.1 Å². The predicted octanol–water partition coefficient (Wildman–Crippen LogP) is 3.66. The normalized spacial score (nSPS) is 16.6. The van der Waals surface area contributed by atoms with Crippen LogP contribution in [0.25, 0.3) is 0 Å². The molecule has 1 aromatic carbocycles. The summed E-state index contributed by atoms with van der Waals surface area (Å²) < 4.78 is 0. The molecule has 2 amide bonds. The number of piperazine rings is 1. The minimum absolute atomic E-state index is 0.00794. The van der Waals surface area contributed by atoms with Gasteiger partial charge in [-0.3, -0.25) is 4.90 Å². The van der Waals surface area contributed by atoms with Crippen LogP contribution in [-0.2, 0) is 6.54 Å². The minimum atomic E-state index is 0.00794. The predicted molar refractivity (Wildman–Crippen MR) is 117 cm³/mol. The fourth-order valence-corrected chi connectivity index (χ4v) is 4.36. The second-order valence-corrected chi connectivity index (χ2v) is 8.47. The Balaban J connectivity index is 1.29. The highest BCUT2D eigenvalue weighted by atomic mass is 32.1. The van der Waals surface area contributed by atoms with Crippen molar-refractivity contribution in [2.45, 2.75) is 25.9 Å². The number of urea groups is 1. The Kier molecular flexibility index (Phi) is 7.89. The topological polar surface area (TPSA) is 38.8 Å². The Morgan fingerprint density at radius 1 is 1.11 bits per heavy atom. The zero-order valence-corrected chi connectivity index (χ0v) is 17.8. The molecule has 1 N–H and O–H groups in total. The van der Waals surface area contributed by atoms with Gasteiger partial charge in [-0.2, -0.15) is 0 Å². The molecule has 1 aromatic heterocycles. The average molecular weight is 401 g/mol. The summed E-state index contributed by atoms with van der Waals surface area (Å²) in [4.78, 5) is 20.4. The molecule has 152 valence electrons. The van der Waals surface area contributed by atoms with Crippen molar-refractivity contribution in [3.05, 3.63) is 58.3 Å². The Morgan fingerprint density at radius 2 is 1.82 bits per heavy atom. The summed E-state index contributed by atoms with van der Waals surface area (Å²) in [7, 11) is 1.87. The Bertz CT molecular complexity index is 699. The standard InChI is InChI=1S/C22H32N4OS/c1-19(21-10-6-17-28-21)24(2)22(27)23-11-7-12-25-13-15-26(16-14-25)18-20-8-4-3-5-9-20/h3-6,8-10,17,19H,7,11-16,18H2,1-2H3,(H,23,27). The molecule has 1 fully saturated rings. The lowest BCUT2D eigenvalue weighted by atomic mass is 10.2. The monoisotopic (exact) mass is 400 g/mol. The first-order chi connectivity index (χ1) is 13.6. The highest BCUT2D eigenvalue weighted by Crippen LogP contribution is 2.23. The summed E-state index contributed by atoms with van der Waals surface area (Å²) in [6.45, 7) is 9.32.